The van der Waals surface area contributed by atoms with Gasteiger partial charge in [0.25, 0.3) is 0 Å². The van der Waals surface area contributed by atoms with Crippen LogP contribution in [0, 0.1) is 5.92 Å². The van der Waals surface area contributed by atoms with E-state index >= 15 is 0 Å². The van der Waals surface area contributed by atoms with Crippen molar-refractivity contribution in [2.45, 2.75) is 31.4 Å². The summed E-state index contributed by atoms with van der Waals surface area (Å²) in [5.74, 6) is 0.114. The Morgan fingerprint density at radius 2 is 2.30 bits per heavy atom. The first-order chi connectivity index (χ1) is 9.61. The molecular formula is C14H21N3O3. The van der Waals surface area contributed by atoms with Gasteiger partial charge in [-0.1, -0.05) is 0 Å². The van der Waals surface area contributed by atoms with E-state index in [4.69, 9.17) is 4.74 Å². The van der Waals surface area contributed by atoms with Crippen LogP contribution in [0.25, 0.3) is 0 Å². The monoisotopic (exact) mass is 279 g/mol. The van der Waals surface area contributed by atoms with Crippen LogP contribution in [0.2, 0.25) is 0 Å². The second kappa shape index (κ2) is 5.18. The van der Waals surface area contributed by atoms with Crippen LogP contribution in [0.5, 0.6) is 0 Å². The first-order valence-corrected chi connectivity index (χ1v) is 7.10. The van der Waals surface area contributed by atoms with Gasteiger partial charge in [0, 0.05) is 26.6 Å². The fourth-order valence-corrected chi connectivity index (χ4v) is 3.27. The molecule has 2 aliphatic rings. The number of aryl methyl sites for hydroxylation is 1. The summed E-state index contributed by atoms with van der Waals surface area (Å²) in [6.45, 7) is 1.19. The van der Waals surface area contributed by atoms with Crippen LogP contribution in [0.15, 0.2) is 6.20 Å². The van der Waals surface area contributed by atoms with E-state index in [0.717, 1.165) is 12.1 Å². The standard InChI is InChI=1S/C14H21N3O3/c1-16-13-9(7-15-16)3-4-17(12(13)8-20-2)14(19)10-5-11(18)6-10/h7,10-12,18H,3-6,8H2,1-2H3/t10?,11?,12-/m0/s1. The lowest BCUT2D eigenvalue weighted by molar-refractivity contribution is -0.146. The molecule has 0 unspecified atom stereocenters. The molecule has 6 heteroatoms. The second-order valence-electron chi connectivity index (χ2n) is 5.75. The van der Waals surface area contributed by atoms with Crippen molar-refractivity contribution in [3.05, 3.63) is 17.5 Å². The summed E-state index contributed by atoms with van der Waals surface area (Å²) in [6.07, 6.45) is 3.60. The molecule has 0 bridgehead atoms. The SMILES string of the molecule is COC[C@H]1c2c(cnn2C)CCN1C(=O)C1CC(O)C1. The number of nitrogens with zero attached hydrogens (tertiary/aromatic N) is 3. The van der Waals surface area contributed by atoms with Gasteiger partial charge in [-0.15, -0.1) is 0 Å². The van der Waals surface area contributed by atoms with Gasteiger partial charge in [0.2, 0.25) is 5.91 Å². The molecule has 1 N–H and O–H groups in total. The Balaban J connectivity index is 1.84. The number of amides is 1. The topological polar surface area (TPSA) is 67.6 Å². The molecule has 1 amide bonds. The molecule has 1 aliphatic heterocycles. The maximum atomic E-state index is 12.6. The third kappa shape index (κ3) is 2.13. The van der Waals surface area contributed by atoms with E-state index in [0.29, 0.717) is 26.0 Å². The van der Waals surface area contributed by atoms with Crippen molar-refractivity contribution < 1.29 is 14.6 Å². The highest BCUT2D eigenvalue weighted by Gasteiger charge is 2.40. The van der Waals surface area contributed by atoms with Crippen molar-refractivity contribution in [1.29, 1.82) is 0 Å². The van der Waals surface area contributed by atoms with E-state index in [-0.39, 0.29) is 24.0 Å². The first-order valence-electron chi connectivity index (χ1n) is 7.10. The minimum absolute atomic E-state index is 0.0286. The maximum Gasteiger partial charge on any atom is 0.226 e. The molecule has 0 radical (unpaired) electrons. The lowest BCUT2D eigenvalue weighted by Crippen LogP contribution is -2.49. The third-order valence-corrected chi connectivity index (χ3v) is 4.45. The highest BCUT2D eigenvalue weighted by Crippen LogP contribution is 2.35. The molecule has 3 rings (SSSR count). The number of aromatic nitrogens is 2. The van der Waals surface area contributed by atoms with E-state index in [1.165, 1.54) is 5.56 Å². The van der Waals surface area contributed by atoms with Crippen LogP contribution >= 0.6 is 0 Å². The van der Waals surface area contributed by atoms with Crippen LogP contribution in [0.4, 0.5) is 0 Å². The summed E-state index contributed by atoms with van der Waals surface area (Å²) >= 11 is 0. The predicted octanol–water partition coefficient (Wildman–Crippen LogP) is 0.263. The molecule has 110 valence electrons. The highest BCUT2D eigenvalue weighted by molar-refractivity contribution is 5.80. The summed E-state index contributed by atoms with van der Waals surface area (Å²) in [7, 11) is 3.56. The van der Waals surface area contributed by atoms with E-state index in [1.807, 2.05) is 22.8 Å². The van der Waals surface area contributed by atoms with Crippen molar-refractivity contribution in [3.63, 3.8) is 0 Å². The first kappa shape index (κ1) is 13.6. The normalized spacial score (nSPS) is 28.9. The van der Waals surface area contributed by atoms with E-state index < -0.39 is 0 Å². The van der Waals surface area contributed by atoms with E-state index in [2.05, 4.69) is 5.10 Å². The van der Waals surface area contributed by atoms with Crippen LogP contribution in [0.1, 0.15) is 30.1 Å². The number of ether oxygens (including phenoxy) is 1. The molecule has 20 heavy (non-hydrogen) atoms. The molecule has 1 atom stereocenters. The fourth-order valence-electron chi connectivity index (χ4n) is 3.27. The Hall–Kier alpha value is -1.40. The van der Waals surface area contributed by atoms with Crippen LogP contribution in [0.3, 0.4) is 0 Å². The van der Waals surface area contributed by atoms with Gasteiger partial charge in [-0.25, -0.2) is 0 Å². The maximum absolute atomic E-state index is 12.6. The van der Waals surface area contributed by atoms with Gasteiger partial charge >= 0.3 is 0 Å². The number of aliphatic hydroxyl groups is 1. The molecule has 1 aliphatic carbocycles. The summed E-state index contributed by atoms with van der Waals surface area (Å²) in [6, 6.07) is -0.0681. The van der Waals surface area contributed by atoms with Crippen LogP contribution in [-0.4, -0.2) is 52.1 Å². The van der Waals surface area contributed by atoms with Gasteiger partial charge in [0.15, 0.2) is 0 Å². The number of fused-ring (bicyclic) bond motifs is 1. The Morgan fingerprint density at radius 3 is 2.95 bits per heavy atom. The predicted molar refractivity (Wildman–Crippen MR) is 72.0 cm³/mol. The molecule has 0 aromatic carbocycles. The van der Waals surface area contributed by atoms with Gasteiger partial charge in [-0.05, 0) is 24.8 Å². The smallest absolute Gasteiger partial charge is 0.226 e. The molecule has 2 heterocycles. The van der Waals surface area contributed by atoms with Crippen LogP contribution in [-0.2, 0) is 23.0 Å². The second-order valence-corrected chi connectivity index (χ2v) is 5.75. The van der Waals surface area contributed by atoms with Crippen molar-refractivity contribution >= 4 is 5.91 Å². The Labute approximate surface area is 118 Å². The number of carbonyl (C=O) groups is 1. The number of rotatable bonds is 3. The Kier molecular flexibility index (Phi) is 3.52. The number of methoxy groups -OCH3 is 1. The Bertz CT molecular complexity index is 508. The quantitative estimate of drug-likeness (QED) is 0.862. The molecular weight excluding hydrogens is 258 g/mol. The molecule has 1 fully saturated rings. The minimum atomic E-state index is -0.304. The van der Waals surface area contributed by atoms with E-state index in [9.17, 15) is 9.90 Å². The molecule has 1 aromatic rings. The average Bonchev–Trinajstić information content (AvgIpc) is 2.77. The van der Waals surface area contributed by atoms with Crippen molar-refractivity contribution in [3.8, 4) is 0 Å². The minimum Gasteiger partial charge on any atom is -0.393 e. The molecule has 6 nitrogen and oxygen atoms in total. The molecule has 0 spiro atoms. The average molecular weight is 279 g/mol. The largest absolute Gasteiger partial charge is 0.393 e. The summed E-state index contributed by atoms with van der Waals surface area (Å²) in [5.41, 5.74) is 2.28. The molecule has 0 saturated heterocycles. The van der Waals surface area contributed by atoms with Gasteiger partial charge in [0.1, 0.15) is 0 Å². The third-order valence-electron chi connectivity index (χ3n) is 4.45. The van der Waals surface area contributed by atoms with Crippen molar-refractivity contribution in [2.75, 3.05) is 20.3 Å². The lowest BCUT2D eigenvalue weighted by atomic mass is 9.80. The van der Waals surface area contributed by atoms with E-state index in [1.54, 1.807) is 7.11 Å². The zero-order chi connectivity index (χ0) is 14.3. The number of aliphatic hydroxyl groups excluding tert-OH is 1. The number of carbonyl (C=O) groups excluding carboxylic acids is 1. The summed E-state index contributed by atoms with van der Waals surface area (Å²) in [5, 5.41) is 13.7. The molecule has 1 saturated carbocycles. The summed E-state index contributed by atoms with van der Waals surface area (Å²) < 4.78 is 7.15. The number of hydrogen-bond acceptors (Lipinski definition) is 4. The summed E-state index contributed by atoms with van der Waals surface area (Å²) in [4.78, 5) is 14.5. The van der Waals surface area contributed by atoms with Gasteiger partial charge in [0.05, 0.1) is 30.6 Å². The number of hydrogen-bond donors (Lipinski definition) is 1. The fraction of sp³-hybridized carbons (Fsp3) is 0.714. The zero-order valence-corrected chi connectivity index (χ0v) is 12.0. The van der Waals surface area contributed by atoms with Crippen molar-refractivity contribution in [1.82, 2.24) is 14.7 Å². The molecule has 1 aromatic heterocycles. The van der Waals surface area contributed by atoms with Gasteiger partial charge in [-0.2, -0.15) is 5.10 Å². The lowest BCUT2D eigenvalue weighted by Gasteiger charge is -2.41. The van der Waals surface area contributed by atoms with Gasteiger partial charge < -0.3 is 14.7 Å². The Morgan fingerprint density at radius 1 is 1.55 bits per heavy atom. The van der Waals surface area contributed by atoms with Crippen molar-refractivity contribution in [2.24, 2.45) is 13.0 Å². The van der Waals surface area contributed by atoms with Gasteiger partial charge in [-0.3, -0.25) is 9.48 Å². The zero-order valence-electron chi connectivity index (χ0n) is 12.0. The van der Waals surface area contributed by atoms with Crippen LogP contribution < -0.4 is 0 Å². The highest BCUT2D eigenvalue weighted by atomic mass is 16.5.